The highest BCUT2D eigenvalue weighted by Crippen LogP contribution is 2.15. The van der Waals surface area contributed by atoms with Crippen molar-refractivity contribution in [2.24, 2.45) is 11.8 Å². The minimum Gasteiger partial charge on any atom is -0.312 e. The normalized spacial score (nSPS) is 23.2. The topological polar surface area (TPSA) is 18.5 Å². The molecule has 0 saturated carbocycles. The van der Waals surface area contributed by atoms with Crippen LogP contribution in [0, 0.1) is 11.8 Å². The second-order valence-corrected chi connectivity index (χ2v) is 6.44. The summed E-state index contributed by atoms with van der Waals surface area (Å²) in [6, 6.07) is 0.633. The van der Waals surface area contributed by atoms with Crippen LogP contribution in [0.1, 0.15) is 33.6 Å². The molecule has 2 atom stereocenters. The molecule has 1 fully saturated rings. The van der Waals surface area contributed by atoms with Gasteiger partial charge in [-0.05, 0) is 51.9 Å². The zero-order valence-corrected chi connectivity index (χ0v) is 13.1. The molecular weight excluding hydrogens is 222 g/mol. The van der Waals surface area contributed by atoms with Crippen molar-refractivity contribution >= 4 is 0 Å². The Morgan fingerprint density at radius 1 is 1.39 bits per heavy atom. The van der Waals surface area contributed by atoms with Crippen molar-refractivity contribution in [2.75, 3.05) is 46.8 Å². The van der Waals surface area contributed by atoms with E-state index in [1.807, 2.05) is 0 Å². The molecule has 0 bridgehead atoms. The number of likely N-dealkylation sites (tertiary alicyclic amines) is 1. The van der Waals surface area contributed by atoms with E-state index in [0.29, 0.717) is 12.0 Å². The van der Waals surface area contributed by atoms with E-state index in [9.17, 15) is 0 Å². The molecule has 1 heterocycles. The Balaban J connectivity index is 2.29. The summed E-state index contributed by atoms with van der Waals surface area (Å²) in [5.41, 5.74) is 0. The van der Waals surface area contributed by atoms with Gasteiger partial charge < -0.3 is 15.1 Å². The van der Waals surface area contributed by atoms with E-state index in [0.717, 1.165) is 12.5 Å². The summed E-state index contributed by atoms with van der Waals surface area (Å²) in [7, 11) is 4.51. The zero-order chi connectivity index (χ0) is 13.5. The Bertz CT molecular complexity index is 218. The molecular formula is C15H33N3. The van der Waals surface area contributed by atoms with Gasteiger partial charge in [0.1, 0.15) is 0 Å². The average Bonchev–Trinajstić information content (AvgIpc) is 2.69. The second-order valence-electron chi connectivity index (χ2n) is 6.44. The Kier molecular flexibility index (Phi) is 7.20. The molecule has 108 valence electrons. The molecule has 3 nitrogen and oxygen atoms in total. The maximum absolute atomic E-state index is 3.68. The van der Waals surface area contributed by atoms with E-state index in [2.05, 4.69) is 50.0 Å². The molecule has 0 spiro atoms. The van der Waals surface area contributed by atoms with Crippen molar-refractivity contribution < 1.29 is 0 Å². The highest BCUT2D eigenvalue weighted by atomic mass is 15.2. The van der Waals surface area contributed by atoms with Gasteiger partial charge in [-0.25, -0.2) is 0 Å². The third-order valence-electron chi connectivity index (χ3n) is 4.03. The third kappa shape index (κ3) is 5.68. The van der Waals surface area contributed by atoms with E-state index in [1.165, 1.54) is 39.0 Å². The van der Waals surface area contributed by atoms with Gasteiger partial charge >= 0.3 is 0 Å². The molecule has 0 amide bonds. The van der Waals surface area contributed by atoms with Crippen LogP contribution in [0.15, 0.2) is 0 Å². The fourth-order valence-corrected chi connectivity index (χ4v) is 2.87. The van der Waals surface area contributed by atoms with Gasteiger partial charge in [0.15, 0.2) is 0 Å². The zero-order valence-electron chi connectivity index (χ0n) is 13.1. The standard InChI is InChI=1S/C15H33N3/c1-6-8-16-15(13(2)3)12-18(5)11-14-7-9-17(4)10-14/h13-16H,6-12H2,1-5H3. The fraction of sp³-hybridized carbons (Fsp3) is 1.00. The van der Waals surface area contributed by atoms with Gasteiger partial charge in [0, 0.05) is 25.7 Å². The summed E-state index contributed by atoms with van der Waals surface area (Å²) in [5.74, 6) is 1.59. The number of nitrogens with one attached hydrogen (secondary N) is 1. The summed E-state index contributed by atoms with van der Waals surface area (Å²) >= 11 is 0. The van der Waals surface area contributed by atoms with Crippen molar-refractivity contribution in [3.63, 3.8) is 0 Å². The Hall–Kier alpha value is -0.120. The molecule has 0 aromatic rings. The molecule has 0 radical (unpaired) electrons. The number of nitrogens with zero attached hydrogens (tertiary/aromatic N) is 2. The highest BCUT2D eigenvalue weighted by Gasteiger charge is 2.22. The first-order chi connectivity index (χ1) is 8.52. The molecule has 1 aliphatic heterocycles. The van der Waals surface area contributed by atoms with Crippen LogP contribution in [0.25, 0.3) is 0 Å². The van der Waals surface area contributed by atoms with Crippen LogP contribution in [0.4, 0.5) is 0 Å². The lowest BCUT2D eigenvalue weighted by Crippen LogP contribution is -2.44. The van der Waals surface area contributed by atoms with Crippen molar-refractivity contribution in [3.8, 4) is 0 Å². The largest absolute Gasteiger partial charge is 0.312 e. The first kappa shape index (κ1) is 15.9. The summed E-state index contributed by atoms with van der Waals surface area (Å²) < 4.78 is 0. The van der Waals surface area contributed by atoms with Crippen molar-refractivity contribution in [2.45, 2.75) is 39.7 Å². The Morgan fingerprint density at radius 3 is 2.61 bits per heavy atom. The SMILES string of the molecule is CCCNC(CN(C)CC1CCN(C)C1)C(C)C. The number of hydrogen-bond acceptors (Lipinski definition) is 3. The first-order valence-electron chi connectivity index (χ1n) is 7.63. The van der Waals surface area contributed by atoms with Crippen LogP contribution >= 0.6 is 0 Å². The van der Waals surface area contributed by atoms with Gasteiger partial charge in [0.25, 0.3) is 0 Å². The summed E-state index contributed by atoms with van der Waals surface area (Å²) in [5, 5.41) is 3.68. The summed E-state index contributed by atoms with van der Waals surface area (Å²) in [6.07, 6.45) is 2.59. The molecule has 1 rings (SSSR count). The van der Waals surface area contributed by atoms with Crippen molar-refractivity contribution in [3.05, 3.63) is 0 Å². The monoisotopic (exact) mass is 255 g/mol. The van der Waals surface area contributed by atoms with Gasteiger partial charge in [-0.3, -0.25) is 0 Å². The lowest BCUT2D eigenvalue weighted by molar-refractivity contribution is 0.224. The van der Waals surface area contributed by atoms with Gasteiger partial charge in [-0.1, -0.05) is 20.8 Å². The summed E-state index contributed by atoms with van der Waals surface area (Å²) in [4.78, 5) is 4.98. The predicted molar refractivity (Wildman–Crippen MR) is 80.0 cm³/mol. The lowest BCUT2D eigenvalue weighted by atomic mass is 10.0. The number of hydrogen-bond donors (Lipinski definition) is 1. The van der Waals surface area contributed by atoms with Crippen LogP contribution in [0.2, 0.25) is 0 Å². The van der Waals surface area contributed by atoms with Crippen LogP contribution in [-0.4, -0.2) is 62.7 Å². The summed E-state index contributed by atoms with van der Waals surface area (Å²) in [6.45, 7) is 13.0. The van der Waals surface area contributed by atoms with E-state index < -0.39 is 0 Å². The first-order valence-corrected chi connectivity index (χ1v) is 7.63. The Morgan fingerprint density at radius 2 is 2.11 bits per heavy atom. The smallest absolute Gasteiger partial charge is 0.0217 e. The second kappa shape index (κ2) is 8.13. The molecule has 0 aliphatic carbocycles. The van der Waals surface area contributed by atoms with Gasteiger partial charge in [-0.15, -0.1) is 0 Å². The van der Waals surface area contributed by atoms with Crippen molar-refractivity contribution in [1.29, 1.82) is 0 Å². The average molecular weight is 255 g/mol. The van der Waals surface area contributed by atoms with E-state index in [4.69, 9.17) is 0 Å². The predicted octanol–water partition coefficient (Wildman–Crippen LogP) is 1.89. The van der Waals surface area contributed by atoms with Crippen molar-refractivity contribution in [1.82, 2.24) is 15.1 Å². The molecule has 1 saturated heterocycles. The van der Waals surface area contributed by atoms with Crippen LogP contribution in [0.3, 0.4) is 0 Å². The molecule has 1 N–H and O–H groups in total. The molecule has 3 heteroatoms. The maximum atomic E-state index is 3.68. The molecule has 0 aromatic heterocycles. The van der Waals surface area contributed by atoms with Gasteiger partial charge in [0.2, 0.25) is 0 Å². The molecule has 18 heavy (non-hydrogen) atoms. The fourth-order valence-electron chi connectivity index (χ4n) is 2.87. The molecule has 1 aliphatic rings. The van der Waals surface area contributed by atoms with E-state index in [1.54, 1.807) is 0 Å². The van der Waals surface area contributed by atoms with Crippen LogP contribution < -0.4 is 5.32 Å². The quantitative estimate of drug-likeness (QED) is 0.714. The third-order valence-corrected chi connectivity index (χ3v) is 4.03. The maximum Gasteiger partial charge on any atom is 0.0217 e. The van der Waals surface area contributed by atoms with Crippen LogP contribution in [-0.2, 0) is 0 Å². The van der Waals surface area contributed by atoms with Gasteiger partial charge in [0.05, 0.1) is 0 Å². The molecule has 0 aromatic carbocycles. The minimum absolute atomic E-state index is 0.633. The van der Waals surface area contributed by atoms with Gasteiger partial charge in [-0.2, -0.15) is 0 Å². The minimum atomic E-state index is 0.633. The van der Waals surface area contributed by atoms with E-state index >= 15 is 0 Å². The lowest BCUT2D eigenvalue weighted by Gasteiger charge is -2.29. The number of likely N-dealkylation sites (N-methyl/N-ethyl adjacent to an activating group) is 1. The van der Waals surface area contributed by atoms with Crippen LogP contribution in [0.5, 0.6) is 0 Å². The number of rotatable bonds is 8. The molecule has 2 unspecified atom stereocenters. The Labute approximate surface area is 114 Å². The van der Waals surface area contributed by atoms with E-state index in [-0.39, 0.29) is 0 Å². The highest BCUT2D eigenvalue weighted by molar-refractivity contribution is 4.79.